The molecule has 0 aromatic heterocycles. The molecule has 1 aliphatic heterocycles. The molecule has 1 heterocycles. The van der Waals surface area contributed by atoms with E-state index in [1.807, 2.05) is 42.5 Å². The van der Waals surface area contributed by atoms with Gasteiger partial charge in [0.05, 0.1) is 16.4 Å². The highest BCUT2D eigenvalue weighted by atomic mass is 35.5. The second-order valence-electron chi connectivity index (χ2n) is 7.02. The second kappa shape index (κ2) is 10.1. The molecule has 2 aromatic rings. The van der Waals surface area contributed by atoms with Gasteiger partial charge in [0.25, 0.3) is 5.91 Å². The number of carbonyl (C=O) groups excluding carboxylic acids is 1. The largest absolute Gasteiger partial charge is 0.366 e. The second-order valence-corrected chi connectivity index (χ2v) is 7.83. The SMILES string of the molecule is CCc1ccc(C(=O)NC(=S)Nc2cccc(Cl)c2N2CCN(CC)CC2)cc1. The van der Waals surface area contributed by atoms with Crippen molar-refractivity contribution in [3.63, 3.8) is 0 Å². The van der Waals surface area contributed by atoms with Crippen molar-refractivity contribution in [3.8, 4) is 0 Å². The minimum Gasteiger partial charge on any atom is -0.366 e. The van der Waals surface area contributed by atoms with Crippen LogP contribution in [0, 0.1) is 0 Å². The minimum absolute atomic E-state index is 0.231. The molecule has 0 saturated carbocycles. The highest BCUT2D eigenvalue weighted by molar-refractivity contribution is 7.80. The Morgan fingerprint density at radius 3 is 2.38 bits per heavy atom. The minimum atomic E-state index is -0.231. The lowest BCUT2D eigenvalue weighted by atomic mass is 10.1. The first-order valence-corrected chi connectivity index (χ1v) is 10.8. The number of benzene rings is 2. The summed E-state index contributed by atoms with van der Waals surface area (Å²) in [5.41, 5.74) is 3.49. The molecule has 5 nitrogen and oxygen atoms in total. The van der Waals surface area contributed by atoms with Crippen molar-refractivity contribution in [2.75, 3.05) is 42.9 Å². The van der Waals surface area contributed by atoms with Crippen molar-refractivity contribution >= 4 is 46.2 Å². The van der Waals surface area contributed by atoms with Crippen LogP contribution in [0.15, 0.2) is 42.5 Å². The van der Waals surface area contributed by atoms with E-state index in [2.05, 4.69) is 34.3 Å². The fourth-order valence-electron chi connectivity index (χ4n) is 3.45. The van der Waals surface area contributed by atoms with Gasteiger partial charge >= 0.3 is 0 Å². The third kappa shape index (κ3) is 5.47. The smallest absolute Gasteiger partial charge is 0.257 e. The van der Waals surface area contributed by atoms with E-state index in [1.165, 1.54) is 5.56 Å². The summed E-state index contributed by atoms with van der Waals surface area (Å²) < 4.78 is 0. The van der Waals surface area contributed by atoms with E-state index >= 15 is 0 Å². The van der Waals surface area contributed by atoms with Crippen LogP contribution < -0.4 is 15.5 Å². The molecule has 0 atom stereocenters. The molecule has 29 heavy (non-hydrogen) atoms. The summed E-state index contributed by atoms with van der Waals surface area (Å²) in [5, 5.41) is 6.84. The maximum absolute atomic E-state index is 12.5. The fourth-order valence-corrected chi connectivity index (χ4v) is 3.94. The van der Waals surface area contributed by atoms with E-state index < -0.39 is 0 Å². The van der Waals surface area contributed by atoms with E-state index in [9.17, 15) is 4.79 Å². The number of piperazine rings is 1. The topological polar surface area (TPSA) is 47.6 Å². The van der Waals surface area contributed by atoms with Gasteiger partial charge in [0, 0.05) is 31.7 Å². The number of para-hydroxylation sites is 1. The Bertz CT molecular complexity index is 864. The van der Waals surface area contributed by atoms with Crippen LogP contribution in [0.25, 0.3) is 0 Å². The zero-order chi connectivity index (χ0) is 20.8. The lowest BCUT2D eigenvalue weighted by Crippen LogP contribution is -2.46. The summed E-state index contributed by atoms with van der Waals surface area (Å²) in [6, 6.07) is 13.2. The summed E-state index contributed by atoms with van der Waals surface area (Å²) in [7, 11) is 0. The van der Waals surface area contributed by atoms with Gasteiger partial charge in [-0.3, -0.25) is 10.1 Å². The molecule has 1 fully saturated rings. The van der Waals surface area contributed by atoms with Crippen molar-refractivity contribution in [1.82, 2.24) is 10.2 Å². The number of halogens is 1. The van der Waals surface area contributed by atoms with Crippen LogP contribution in [-0.2, 0) is 6.42 Å². The van der Waals surface area contributed by atoms with Crippen LogP contribution in [0.2, 0.25) is 5.02 Å². The van der Waals surface area contributed by atoms with Crippen molar-refractivity contribution in [2.45, 2.75) is 20.3 Å². The van der Waals surface area contributed by atoms with Crippen LogP contribution in [0.1, 0.15) is 29.8 Å². The third-order valence-electron chi connectivity index (χ3n) is 5.22. The summed E-state index contributed by atoms with van der Waals surface area (Å²) in [5.74, 6) is -0.231. The Labute approximate surface area is 183 Å². The number of carbonyl (C=O) groups is 1. The highest BCUT2D eigenvalue weighted by Crippen LogP contribution is 2.34. The van der Waals surface area contributed by atoms with Crippen molar-refractivity contribution in [3.05, 3.63) is 58.6 Å². The Kier molecular flexibility index (Phi) is 7.47. The standard InChI is InChI=1S/C22H27ClN4OS/c1-3-16-8-10-17(11-9-16)21(28)25-22(29)24-19-7-5-6-18(23)20(19)27-14-12-26(4-2)13-15-27/h5-11H,3-4,12-15H2,1-2H3,(H2,24,25,28,29). The Morgan fingerprint density at radius 1 is 1.07 bits per heavy atom. The van der Waals surface area contributed by atoms with Crippen LogP contribution in [0.4, 0.5) is 11.4 Å². The maximum Gasteiger partial charge on any atom is 0.257 e. The number of nitrogens with zero attached hydrogens (tertiary/aromatic N) is 2. The zero-order valence-corrected chi connectivity index (χ0v) is 18.4. The lowest BCUT2D eigenvalue weighted by molar-refractivity contribution is 0.0977. The lowest BCUT2D eigenvalue weighted by Gasteiger charge is -2.37. The van der Waals surface area contributed by atoms with Crippen molar-refractivity contribution in [1.29, 1.82) is 0 Å². The van der Waals surface area contributed by atoms with Crippen LogP contribution in [-0.4, -0.2) is 48.6 Å². The first-order chi connectivity index (χ1) is 14.0. The van der Waals surface area contributed by atoms with Gasteiger partial charge in [0.15, 0.2) is 5.11 Å². The van der Waals surface area contributed by atoms with Crippen molar-refractivity contribution < 1.29 is 4.79 Å². The molecule has 0 spiro atoms. The van der Waals surface area contributed by atoms with E-state index in [1.54, 1.807) is 0 Å². The Balaban J connectivity index is 1.68. The predicted molar refractivity (Wildman–Crippen MR) is 125 cm³/mol. The monoisotopic (exact) mass is 430 g/mol. The molecular formula is C22H27ClN4OS. The van der Waals surface area contributed by atoms with Crippen LogP contribution >= 0.6 is 23.8 Å². The molecule has 0 aliphatic carbocycles. The summed E-state index contributed by atoms with van der Waals surface area (Å²) in [4.78, 5) is 17.2. The average Bonchev–Trinajstić information content (AvgIpc) is 2.74. The number of rotatable bonds is 5. The van der Waals surface area contributed by atoms with Gasteiger partial charge in [0.2, 0.25) is 0 Å². The van der Waals surface area contributed by atoms with Gasteiger partial charge in [-0.25, -0.2) is 0 Å². The predicted octanol–water partition coefficient (Wildman–Crippen LogP) is 4.17. The fraction of sp³-hybridized carbons (Fsp3) is 0.364. The van der Waals surface area contributed by atoms with E-state index in [4.69, 9.17) is 23.8 Å². The number of amides is 1. The number of anilines is 2. The molecular weight excluding hydrogens is 404 g/mol. The highest BCUT2D eigenvalue weighted by Gasteiger charge is 2.21. The normalized spacial score (nSPS) is 14.5. The molecule has 154 valence electrons. The molecule has 0 bridgehead atoms. The molecule has 1 saturated heterocycles. The number of nitrogens with one attached hydrogen (secondary N) is 2. The molecule has 2 aromatic carbocycles. The number of likely N-dealkylation sites (N-methyl/N-ethyl adjacent to an activating group) is 1. The zero-order valence-electron chi connectivity index (χ0n) is 16.9. The van der Waals surface area contributed by atoms with Crippen LogP contribution in [0.5, 0.6) is 0 Å². The summed E-state index contributed by atoms with van der Waals surface area (Å²) in [6.45, 7) is 9.10. The van der Waals surface area contributed by atoms with E-state index in [0.29, 0.717) is 10.6 Å². The third-order valence-corrected chi connectivity index (χ3v) is 5.73. The molecule has 1 aliphatic rings. The van der Waals surface area contributed by atoms with Gasteiger partial charge in [-0.15, -0.1) is 0 Å². The Hall–Kier alpha value is -2.15. The summed E-state index contributed by atoms with van der Waals surface area (Å²) >= 11 is 11.9. The van der Waals surface area contributed by atoms with Gasteiger partial charge in [-0.1, -0.05) is 43.6 Å². The molecule has 0 unspecified atom stereocenters. The van der Waals surface area contributed by atoms with Gasteiger partial charge in [0.1, 0.15) is 0 Å². The molecule has 0 radical (unpaired) electrons. The van der Waals surface area contributed by atoms with Gasteiger partial charge in [-0.05, 0) is 55.0 Å². The quantitative estimate of drug-likeness (QED) is 0.697. The molecule has 1 amide bonds. The average molecular weight is 431 g/mol. The number of aryl methyl sites for hydroxylation is 1. The first kappa shape index (κ1) is 21.6. The molecule has 7 heteroatoms. The first-order valence-electron chi connectivity index (χ1n) is 9.99. The number of hydrogen-bond acceptors (Lipinski definition) is 4. The van der Waals surface area contributed by atoms with Crippen molar-refractivity contribution in [2.24, 2.45) is 0 Å². The molecule has 2 N–H and O–H groups in total. The van der Waals surface area contributed by atoms with E-state index in [-0.39, 0.29) is 11.0 Å². The number of thiocarbonyl (C=S) groups is 1. The maximum atomic E-state index is 12.5. The van der Waals surface area contributed by atoms with Gasteiger partial charge < -0.3 is 15.1 Å². The Morgan fingerprint density at radius 2 is 1.76 bits per heavy atom. The summed E-state index contributed by atoms with van der Waals surface area (Å²) in [6.07, 6.45) is 0.936. The number of hydrogen-bond donors (Lipinski definition) is 2. The van der Waals surface area contributed by atoms with Crippen LogP contribution in [0.3, 0.4) is 0 Å². The molecule has 3 rings (SSSR count). The van der Waals surface area contributed by atoms with Gasteiger partial charge in [-0.2, -0.15) is 0 Å². The van der Waals surface area contributed by atoms with E-state index in [0.717, 1.165) is 50.5 Å².